The lowest BCUT2D eigenvalue weighted by atomic mass is 9.94. The molecule has 0 aliphatic rings. The fourth-order valence-corrected chi connectivity index (χ4v) is 4.90. The Hall–Kier alpha value is -4.79. The van der Waals surface area contributed by atoms with E-state index in [2.05, 4.69) is 0 Å². The Labute approximate surface area is 261 Å². The van der Waals surface area contributed by atoms with Crippen LogP contribution in [0, 0.1) is 0 Å². The molecule has 0 aliphatic heterocycles. The monoisotopic (exact) mass is 619 g/mol. The predicted octanol–water partition coefficient (Wildman–Crippen LogP) is 8.02. The van der Waals surface area contributed by atoms with Crippen LogP contribution < -0.4 is 9.64 Å². The van der Waals surface area contributed by atoms with E-state index in [9.17, 15) is 22.8 Å². The topological polar surface area (TPSA) is 65.1 Å². The van der Waals surface area contributed by atoms with Crippen molar-refractivity contribution in [2.75, 3.05) is 24.7 Å². The lowest BCUT2D eigenvalue weighted by Gasteiger charge is -2.27. The molecule has 0 aliphatic carbocycles. The van der Waals surface area contributed by atoms with Crippen LogP contribution in [0.5, 0.6) is 5.75 Å². The summed E-state index contributed by atoms with van der Waals surface area (Å²) in [6.07, 6.45) is -4.54. The molecule has 0 N–H and O–H groups in total. The molecule has 45 heavy (non-hydrogen) atoms. The SMILES string of the molecule is CCOC(=O)Cc1ccc(OCC)c(-c2ccc(C(F)(F)F)cc2CN(CCC(=O)OCc2ccccc2)c2ccccc2)c1. The minimum absolute atomic E-state index is 0.00441. The van der Waals surface area contributed by atoms with E-state index < -0.39 is 23.7 Å². The van der Waals surface area contributed by atoms with E-state index in [4.69, 9.17) is 14.2 Å². The van der Waals surface area contributed by atoms with E-state index in [0.29, 0.717) is 34.6 Å². The van der Waals surface area contributed by atoms with Gasteiger partial charge >= 0.3 is 18.1 Å². The van der Waals surface area contributed by atoms with Crippen LogP contribution in [-0.4, -0.2) is 31.7 Å². The van der Waals surface area contributed by atoms with Crippen LogP contribution in [0.2, 0.25) is 0 Å². The molecule has 236 valence electrons. The molecule has 0 unspecified atom stereocenters. The molecule has 0 atom stereocenters. The number of hydrogen-bond acceptors (Lipinski definition) is 6. The summed E-state index contributed by atoms with van der Waals surface area (Å²) >= 11 is 0. The number of carbonyl (C=O) groups excluding carboxylic acids is 2. The van der Waals surface area contributed by atoms with Crippen molar-refractivity contribution in [2.24, 2.45) is 0 Å². The number of hydrogen-bond donors (Lipinski definition) is 0. The highest BCUT2D eigenvalue weighted by atomic mass is 19.4. The minimum Gasteiger partial charge on any atom is -0.493 e. The Bertz CT molecular complexity index is 1560. The van der Waals surface area contributed by atoms with E-state index in [1.165, 1.54) is 6.07 Å². The zero-order chi connectivity index (χ0) is 32.2. The van der Waals surface area contributed by atoms with Crippen molar-refractivity contribution in [3.63, 3.8) is 0 Å². The fraction of sp³-hybridized carbons (Fsp3) is 0.278. The number of alkyl halides is 3. The molecule has 0 bridgehead atoms. The summed E-state index contributed by atoms with van der Waals surface area (Å²) < 4.78 is 58.3. The van der Waals surface area contributed by atoms with Crippen molar-refractivity contribution in [2.45, 2.75) is 46.0 Å². The van der Waals surface area contributed by atoms with E-state index in [-0.39, 0.29) is 39.1 Å². The van der Waals surface area contributed by atoms with Gasteiger partial charge in [0.2, 0.25) is 0 Å². The third kappa shape index (κ3) is 9.60. The van der Waals surface area contributed by atoms with Crippen LogP contribution in [-0.2, 0) is 44.8 Å². The first-order chi connectivity index (χ1) is 21.7. The molecular weight excluding hydrogens is 583 g/mol. The van der Waals surface area contributed by atoms with Crippen LogP contribution >= 0.6 is 0 Å². The number of carbonyl (C=O) groups is 2. The van der Waals surface area contributed by atoms with Crippen molar-refractivity contribution in [1.82, 2.24) is 0 Å². The summed E-state index contributed by atoms with van der Waals surface area (Å²) in [6.45, 7) is 4.50. The van der Waals surface area contributed by atoms with Crippen LogP contribution in [0.15, 0.2) is 97.1 Å². The first kappa shape index (κ1) is 33.1. The molecule has 0 saturated heterocycles. The van der Waals surface area contributed by atoms with Gasteiger partial charge in [-0.2, -0.15) is 13.2 Å². The Balaban J connectivity index is 1.69. The summed E-state index contributed by atoms with van der Waals surface area (Å²) in [4.78, 5) is 26.8. The summed E-state index contributed by atoms with van der Waals surface area (Å²) in [5, 5.41) is 0. The Morgan fingerprint density at radius 2 is 1.44 bits per heavy atom. The smallest absolute Gasteiger partial charge is 0.416 e. The number of anilines is 1. The second-order valence-corrected chi connectivity index (χ2v) is 10.3. The number of esters is 2. The van der Waals surface area contributed by atoms with Gasteiger partial charge in [0.25, 0.3) is 0 Å². The van der Waals surface area contributed by atoms with Gasteiger partial charge in [0, 0.05) is 24.3 Å². The highest BCUT2D eigenvalue weighted by Gasteiger charge is 2.31. The highest BCUT2D eigenvalue weighted by Crippen LogP contribution is 2.38. The predicted molar refractivity (Wildman–Crippen MR) is 167 cm³/mol. The van der Waals surface area contributed by atoms with Gasteiger partial charge in [-0.25, -0.2) is 0 Å². The van der Waals surface area contributed by atoms with Crippen molar-refractivity contribution in [1.29, 1.82) is 0 Å². The maximum Gasteiger partial charge on any atom is 0.416 e. The van der Waals surface area contributed by atoms with Gasteiger partial charge in [0.05, 0.1) is 31.6 Å². The molecule has 6 nitrogen and oxygen atoms in total. The molecule has 0 saturated carbocycles. The lowest BCUT2D eigenvalue weighted by Crippen LogP contribution is -2.27. The van der Waals surface area contributed by atoms with E-state index in [1.807, 2.05) is 72.5 Å². The van der Waals surface area contributed by atoms with Crippen molar-refractivity contribution in [3.05, 3.63) is 119 Å². The van der Waals surface area contributed by atoms with Crippen LogP contribution in [0.25, 0.3) is 11.1 Å². The molecular formula is C36H36F3NO5. The summed E-state index contributed by atoms with van der Waals surface area (Å²) in [5.74, 6) is -0.356. The number of nitrogens with zero attached hydrogens (tertiary/aromatic N) is 1. The quantitative estimate of drug-likeness (QED) is 0.133. The second kappa shape index (κ2) is 15.8. The first-order valence-corrected chi connectivity index (χ1v) is 14.8. The van der Waals surface area contributed by atoms with Gasteiger partial charge in [0.1, 0.15) is 12.4 Å². The van der Waals surface area contributed by atoms with E-state index in [0.717, 1.165) is 23.4 Å². The number of benzene rings is 4. The Morgan fingerprint density at radius 3 is 2.11 bits per heavy atom. The molecule has 0 spiro atoms. The molecule has 0 fully saturated rings. The first-order valence-electron chi connectivity index (χ1n) is 14.8. The summed E-state index contributed by atoms with van der Waals surface area (Å²) in [5.41, 5.74) is 2.88. The normalized spacial score (nSPS) is 11.1. The highest BCUT2D eigenvalue weighted by molar-refractivity contribution is 5.78. The molecule has 0 heterocycles. The van der Waals surface area contributed by atoms with Crippen LogP contribution in [0.1, 0.15) is 42.5 Å². The average molecular weight is 620 g/mol. The van der Waals surface area contributed by atoms with E-state index in [1.54, 1.807) is 25.1 Å². The molecule has 4 rings (SSSR count). The Kier molecular flexibility index (Phi) is 11.6. The fourth-order valence-electron chi connectivity index (χ4n) is 4.90. The number of rotatable bonds is 14. The van der Waals surface area contributed by atoms with Gasteiger partial charge in [-0.3, -0.25) is 9.59 Å². The maximum atomic E-state index is 14.0. The Morgan fingerprint density at radius 1 is 0.733 bits per heavy atom. The van der Waals surface area contributed by atoms with Crippen molar-refractivity contribution < 1.29 is 37.0 Å². The van der Waals surface area contributed by atoms with Crippen LogP contribution in [0.4, 0.5) is 18.9 Å². The van der Waals surface area contributed by atoms with Crippen LogP contribution in [0.3, 0.4) is 0 Å². The third-order valence-electron chi connectivity index (χ3n) is 7.03. The molecule has 0 radical (unpaired) electrons. The van der Waals surface area contributed by atoms with E-state index >= 15 is 0 Å². The number of ether oxygens (including phenoxy) is 3. The van der Waals surface area contributed by atoms with Gasteiger partial charge in [-0.05, 0) is 72.5 Å². The van der Waals surface area contributed by atoms with Gasteiger partial charge in [-0.15, -0.1) is 0 Å². The molecule has 4 aromatic rings. The molecule has 9 heteroatoms. The molecule has 4 aromatic carbocycles. The van der Waals surface area contributed by atoms with Gasteiger partial charge in [-0.1, -0.05) is 60.7 Å². The minimum atomic E-state index is -4.57. The number of halogens is 3. The van der Waals surface area contributed by atoms with Gasteiger partial charge in [0.15, 0.2) is 0 Å². The summed E-state index contributed by atoms with van der Waals surface area (Å²) in [7, 11) is 0. The number of para-hydroxylation sites is 1. The maximum absolute atomic E-state index is 14.0. The second-order valence-electron chi connectivity index (χ2n) is 10.3. The largest absolute Gasteiger partial charge is 0.493 e. The standard InChI is InChI=1S/C36H36F3NO5/c1-3-43-33-18-15-27(22-35(42)44-4-2)21-32(33)31-17-16-29(36(37,38)39)23-28(31)24-40(30-13-9-6-10-14-30)20-19-34(41)45-25-26-11-7-5-8-12-26/h5-18,21,23H,3-4,19-20,22,24-25H2,1-2H3. The van der Waals surface area contributed by atoms with Crippen molar-refractivity contribution >= 4 is 17.6 Å². The lowest BCUT2D eigenvalue weighted by molar-refractivity contribution is -0.145. The zero-order valence-corrected chi connectivity index (χ0v) is 25.3. The molecule has 0 amide bonds. The third-order valence-corrected chi connectivity index (χ3v) is 7.03. The zero-order valence-electron chi connectivity index (χ0n) is 25.3. The van der Waals surface area contributed by atoms with Gasteiger partial charge < -0.3 is 19.1 Å². The van der Waals surface area contributed by atoms with Crippen molar-refractivity contribution in [3.8, 4) is 16.9 Å². The molecule has 0 aromatic heterocycles. The average Bonchev–Trinajstić information content (AvgIpc) is 3.03. The summed E-state index contributed by atoms with van der Waals surface area (Å²) in [6, 6.07) is 27.3.